The number of carbonyl (C=O) groups is 1. The minimum absolute atomic E-state index is 0. The first-order valence-electron chi connectivity index (χ1n) is 6.32. The molecule has 0 unspecified atom stereocenters. The van der Waals surface area contributed by atoms with Crippen LogP contribution in [0.1, 0.15) is 21.5 Å². The smallest absolute Gasteiger partial charge is 0.335 e. The van der Waals surface area contributed by atoms with Crippen LogP contribution in [0.3, 0.4) is 0 Å². The third kappa shape index (κ3) is 5.70. The van der Waals surface area contributed by atoms with E-state index >= 15 is 0 Å². The maximum absolute atomic E-state index is 10.7. The van der Waals surface area contributed by atoms with Crippen molar-refractivity contribution in [1.82, 2.24) is 5.32 Å². The fourth-order valence-electron chi connectivity index (χ4n) is 1.70. The van der Waals surface area contributed by atoms with Gasteiger partial charge in [0.05, 0.1) is 12.1 Å². The third-order valence-corrected chi connectivity index (χ3v) is 2.75. The van der Waals surface area contributed by atoms with Crippen LogP contribution in [0.25, 0.3) is 0 Å². The van der Waals surface area contributed by atoms with Gasteiger partial charge in [-0.25, -0.2) is 4.79 Å². The first kappa shape index (κ1) is 16.8. The Kier molecular flexibility index (Phi) is 7.03. The highest BCUT2D eigenvalue weighted by Crippen LogP contribution is 2.03. The number of hydrogen-bond donors (Lipinski definition) is 2. The number of carboxylic acids is 1. The van der Waals surface area contributed by atoms with E-state index in [1.54, 1.807) is 24.3 Å². The van der Waals surface area contributed by atoms with Crippen molar-refractivity contribution in [3.8, 4) is 11.8 Å². The monoisotopic (exact) mass is 300 g/mol. The van der Waals surface area contributed by atoms with Gasteiger partial charge in [-0.05, 0) is 29.8 Å². The van der Waals surface area contributed by atoms with Crippen molar-refractivity contribution in [2.45, 2.75) is 6.54 Å². The fraction of sp³-hybridized carbons (Fsp3) is 0.118. The van der Waals surface area contributed by atoms with Gasteiger partial charge in [-0.15, -0.1) is 0 Å². The summed E-state index contributed by atoms with van der Waals surface area (Å²) in [5.74, 6) is 5.21. The van der Waals surface area contributed by atoms with Crippen molar-refractivity contribution >= 4 is 5.97 Å². The predicted octanol–water partition coefficient (Wildman–Crippen LogP) is -0.470. The molecular weight excluding hydrogens is 286 g/mol. The Morgan fingerprint density at radius 1 is 1.05 bits per heavy atom. The van der Waals surface area contributed by atoms with E-state index in [0.29, 0.717) is 18.7 Å². The first-order valence-corrected chi connectivity index (χ1v) is 6.32. The molecule has 0 saturated carbocycles. The number of halogens is 1. The Morgan fingerprint density at radius 2 is 1.71 bits per heavy atom. The minimum atomic E-state index is -0.904. The average molecular weight is 301 g/mol. The molecule has 2 aromatic carbocycles. The quantitative estimate of drug-likeness (QED) is 0.593. The molecule has 21 heavy (non-hydrogen) atoms. The largest absolute Gasteiger partial charge is 1.00 e. The summed E-state index contributed by atoms with van der Waals surface area (Å²) in [7, 11) is 0. The van der Waals surface area contributed by atoms with E-state index in [9.17, 15) is 4.79 Å². The number of aromatic carboxylic acids is 1. The van der Waals surface area contributed by atoms with E-state index in [1.165, 1.54) is 0 Å². The van der Waals surface area contributed by atoms with Crippen molar-refractivity contribution in [2.75, 3.05) is 6.54 Å². The zero-order valence-corrected chi connectivity index (χ0v) is 12.1. The van der Waals surface area contributed by atoms with Crippen molar-refractivity contribution < 1.29 is 22.3 Å². The summed E-state index contributed by atoms with van der Waals surface area (Å²) in [5, 5.41) is 12.0. The second-order valence-electron chi connectivity index (χ2n) is 4.27. The Labute approximate surface area is 130 Å². The molecule has 3 nitrogen and oxygen atoms in total. The number of rotatable bonds is 4. The predicted molar refractivity (Wildman–Crippen MR) is 78.4 cm³/mol. The van der Waals surface area contributed by atoms with E-state index in [0.717, 1.165) is 11.1 Å². The Hall–Kier alpha value is -2.28. The lowest BCUT2D eigenvalue weighted by Crippen LogP contribution is -3.00. The SMILES string of the molecule is O=C(O)c1ccc(CNCC#Cc2ccccc2)cc1.[Cl-]. The topological polar surface area (TPSA) is 49.3 Å². The number of carboxylic acid groups (broad SMARTS) is 1. The Morgan fingerprint density at radius 3 is 2.33 bits per heavy atom. The van der Waals surface area contributed by atoms with Gasteiger partial charge in [0.25, 0.3) is 0 Å². The molecule has 0 saturated heterocycles. The second kappa shape index (κ2) is 8.80. The van der Waals surface area contributed by atoms with Gasteiger partial charge in [-0.2, -0.15) is 0 Å². The minimum Gasteiger partial charge on any atom is -1.00 e. The normalized spacial score (nSPS) is 9.14. The molecule has 0 heterocycles. The van der Waals surface area contributed by atoms with Crippen molar-refractivity contribution in [2.24, 2.45) is 0 Å². The zero-order chi connectivity index (χ0) is 14.2. The van der Waals surface area contributed by atoms with Crippen LogP contribution in [0.4, 0.5) is 0 Å². The Bertz CT molecular complexity index is 627. The summed E-state index contributed by atoms with van der Waals surface area (Å²) >= 11 is 0. The molecular formula is C17H15ClNO2-. The lowest BCUT2D eigenvalue weighted by molar-refractivity contribution is -0.0000195. The molecule has 0 radical (unpaired) electrons. The average Bonchev–Trinajstić information content (AvgIpc) is 2.48. The summed E-state index contributed by atoms with van der Waals surface area (Å²) in [5.41, 5.74) is 2.34. The highest BCUT2D eigenvalue weighted by molar-refractivity contribution is 5.87. The van der Waals surface area contributed by atoms with Crippen molar-refractivity contribution in [1.29, 1.82) is 0 Å². The van der Waals surface area contributed by atoms with Gasteiger partial charge in [0, 0.05) is 12.1 Å². The van der Waals surface area contributed by atoms with Crippen LogP contribution in [0.5, 0.6) is 0 Å². The maximum Gasteiger partial charge on any atom is 0.335 e. The number of hydrogen-bond acceptors (Lipinski definition) is 2. The second-order valence-corrected chi connectivity index (χ2v) is 4.27. The molecule has 0 fully saturated rings. The Balaban J connectivity index is 0.00000220. The van der Waals surface area contributed by atoms with Crippen LogP contribution in [0.2, 0.25) is 0 Å². The highest BCUT2D eigenvalue weighted by atomic mass is 35.5. The van der Waals surface area contributed by atoms with Gasteiger partial charge >= 0.3 is 5.97 Å². The summed E-state index contributed by atoms with van der Waals surface area (Å²) < 4.78 is 0. The van der Waals surface area contributed by atoms with Gasteiger partial charge in [0.2, 0.25) is 0 Å². The summed E-state index contributed by atoms with van der Waals surface area (Å²) in [6.45, 7) is 1.26. The van der Waals surface area contributed by atoms with Gasteiger partial charge in [-0.3, -0.25) is 0 Å². The fourth-order valence-corrected chi connectivity index (χ4v) is 1.70. The molecule has 2 N–H and O–H groups in total. The third-order valence-electron chi connectivity index (χ3n) is 2.75. The van der Waals surface area contributed by atoms with E-state index in [4.69, 9.17) is 5.11 Å². The van der Waals surface area contributed by atoms with E-state index < -0.39 is 5.97 Å². The molecule has 2 aromatic rings. The van der Waals surface area contributed by atoms with Crippen molar-refractivity contribution in [3.05, 3.63) is 71.3 Å². The number of nitrogens with one attached hydrogen (secondary N) is 1. The first-order chi connectivity index (χ1) is 9.75. The zero-order valence-electron chi connectivity index (χ0n) is 11.3. The van der Waals surface area contributed by atoms with Crippen molar-refractivity contribution in [3.63, 3.8) is 0 Å². The molecule has 0 amide bonds. The van der Waals surface area contributed by atoms with Crippen LogP contribution >= 0.6 is 0 Å². The van der Waals surface area contributed by atoms with Crippen LogP contribution in [0.15, 0.2) is 54.6 Å². The van der Waals surface area contributed by atoms with Crippen LogP contribution in [-0.4, -0.2) is 17.6 Å². The van der Waals surface area contributed by atoms with E-state index in [2.05, 4.69) is 17.2 Å². The molecule has 108 valence electrons. The molecule has 0 aliphatic carbocycles. The van der Waals surface area contributed by atoms with Gasteiger partial charge in [0.1, 0.15) is 0 Å². The van der Waals surface area contributed by atoms with Gasteiger partial charge in [0.15, 0.2) is 0 Å². The highest BCUT2D eigenvalue weighted by Gasteiger charge is 2.00. The van der Waals surface area contributed by atoms with Gasteiger partial charge in [-0.1, -0.05) is 42.2 Å². The molecule has 0 bridgehead atoms. The summed E-state index contributed by atoms with van der Waals surface area (Å²) in [4.78, 5) is 10.7. The molecule has 0 atom stereocenters. The van der Waals surface area contributed by atoms with Gasteiger partial charge < -0.3 is 22.8 Å². The molecule has 0 spiro atoms. The molecule has 4 heteroatoms. The van der Waals surface area contributed by atoms with Crippen LogP contribution in [0, 0.1) is 11.8 Å². The van der Waals surface area contributed by atoms with E-state index in [-0.39, 0.29) is 12.4 Å². The molecule has 0 aliphatic heterocycles. The van der Waals surface area contributed by atoms with Crippen LogP contribution in [-0.2, 0) is 6.54 Å². The van der Waals surface area contributed by atoms with E-state index in [1.807, 2.05) is 30.3 Å². The maximum atomic E-state index is 10.7. The lowest BCUT2D eigenvalue weighted by Gasteiger charge is -2.01. The summed E-state index contributed by atoms with van der Waals surface area (Å²) in [6, 6.07) is 16.6. The summed E-state index contributed by atoms with van der Waals surface area (Å²) in [6.07, 6.45) is 0. The van der Waals surface area contributed by atoms with Crippen LogP contribution < -0.4 is 17.7 Å². The molecule has 2 rings (SSSR count). The standard InChI is InChI=1S/C17H15NO2.ClH/c19-17(20)16-10-8-15(9-11-16)13-18-12-4-7-14-5-2-1-3-6-14;/h1-3,5-6,8-11,18H,12-13H2,(H,19,20);1H/p-1. The lowest BCUT2D eigenvalue weighted by atomic mass is 10.1. The number of benzene rings is 2. The molecule has 0 aliphatic rings. The molecule has 0 aromatic heterocycles.